The molecule has 2 N–H and O–H groups in total. The Balaban J connectivity index is 2.22. The van der Waals surface area contributed by atoms with Gasteiger partial charge < -0.3 is 14.9 Å². The van der Waals surface area contributed by atoms with E-state index >= 15 is 0 Å². The van der Waals surface area contributed by atoms with Gasteiger partial charge in [-0.1, -0.05) is 0 Å². The molecule has 0 amide bonds. The molecule has 2 aromatic rings. The number of aryl methyl sites for hydroxylation is 2. The van der Waals surface area contributed by atoms with Gasteiger partial charge in [-0.3, -0.25) is 0 Å². The summed E-state index contributed by atoms with van der Waals surface area (Å²) >= 11 is 1.18. The Labute approximate surface area is 108 Å². The summed E-state index contributed by atoms with van der Waals surface area (Å²) < 4.78 is 10.6. The van der Waals surface area contributed by atoms with E-state index in [4.69, 9.17) is 14.9 Å². The topological polar surface area (TPSA) is 100.0 Å². The number of nitrogens with zero attached hydrogens (tertiary/aromatic N) is 4. The van der Waals surface area contributed by atoms with Gasteiger partial charge in [-0.15, -0.1) is 0 Å². The molecule has 0 aliphatic rings. The smallest absolute Gasteiger partial charge is 0.322 e. The lowest BCUT2D eigenvalue weighted by molar-refractivity contribution is 0.308. The van der Waals surface area contributed by atoms with Gasteiger partial charge in [0.2, 0.25) is 11.1 Å². The van der Waals surface area contributed by atoms with Crippen LogP contribution in [-0.2, 0) is 0 Å². The van der Waals surface area contributed by atoms with Crippen LogP contribution < -0.4 is 10.5 Å². The molecule has 0 saturated heterocycles. The van der Waals surface area contributed by atoms with E-state index in [1.165, 1.54) is 11.8 Å². The van der Waals surface area contributed by atoms with Gasteiger partial charge in [0.25, 0.3) is 5.22 Å². The van der Waals surface area contributed by atoms with E-state index < -0.39 is 0 Å². The van der Waals surface area contributed by atoms with Crippen molar-refractivity contribution >= 4 is 17.7 Å². The predicted octanol–water partition coefficient (Wildman–Crippen LogP) is 1.61. The number of nitrogen functional groups attached to an aromatic ring is 1. The Bertz CT molecular complexity index is 538. The van der Waals surface area contributed by atoms with Crippen molar-refractivity contribution in [2.45, 2.75) is 31.2 Å². The molecule has 2 heterocycles. The van der Waals surface area contributed by atoms with Crippen molar-refractivity contribution < 1.29 is 9.15 Å². The zero-order valence-corrected chi connectivity index (χ0v) is 11.1. The fourth-order valence-corrected chi connectivity index (χ4v) is 1.93. The molecule has 0 aliphatic heterocycles. The van der Waals surface area contributed by atoms with E-state index in [2.05, 4.69) is 19.9 Å². The normalized spacial score (nSPS) is 10.6. The van der Waals surface area contributed by atoms with Crippen molar-refractivity contribution in [2.24, 2.45) is 0 Å². The molecule has 0 fully saturated rings. The van der Waals surface area contributed by atoms with Crippen LogP contribution in [0.15, 0.2) is 14.8 Å². The molecule has 0 aliphatic carbocycles. The van der Waals surface area contributed by atoms with Gasteiger partial charge in [-0.05, 0) is 20.8 Å². The monoisotopic (exact) mass is 267 g/mol. The van der Waals surface area contributed by atoms with Crippen molar-refractivity contribution in [1.29, 1.82) is 0 Å². The summed E-state index contributed by atoms with van der Waals surface area (Å²) in [5, 5.41) is 0.866. The first-order valence-electron chi connectivity index (χ1n) is 5.34. The first-order valence-corrected chi connectivity index (χ1v) is 6.16. The van der Waals surface area contributed by atoms with E-state index in [0.29, 0.717) is 17.0 Å². The SMILES string of the molecule is CCOc1nc(N)nc(Sc2nc(C)c(C)o2)n1. The highest BCUT2D eigenvalue weighted by Gasteiger charge is 2.12. The maximum Gasteiger partial charge on any atom is 0.322 e. The Hall–Kier alpha value is -1.83. The van der Waals surface area contributed by atoms with Gasteiger partial charge in [0.05, 0.1) is 12.3 Å². The van der Waals surface area contributed by atoms with Crippen LogP contribution in [0.4, 0.5) is 5.95 Å². The Kier molecular flexibility index (Phi) is 3.66. The second kappa shape index (κ2) is 5.21. The number of rotatable bonds is 4. The molecule has 0 spiro atoms. The highest BCUT2D eigenvalue weighted by atomic mass is 32.2. The number of nitrogens with two attached hydrogens (primary N) is 1. The van der Waals surface area contributed by atoms with Crippen LogP contribution in [0.3, 0.4) is 0 Å². The standard InChI is InChI=1S/C10H13N5O2S/c1-4-16-8-13-7(11)14-9(15-8)18-10-12-5(2)6(3)17-10/h4H2,1-3H3,(H2,11,13,14,15). The maximum atomic E-state index is 5.57. The second-order valence-electron chi connectivity index (χ2n) is 3.42. The molecular formula is C10H13N5O2S. The van der Waals surface area contributed by atoms with Crippen LogP contribution in [-0.4, -0.2) is 26.5 Å². The zero-order valence-electron chi connectivity index (χ0n) is 10.3. The highest BCUT2D eigenvalue weighted by molar-refractivity contribution is 7.98. The number of anilines is 1. The first-order chi connectivity index (χ1) is 8.58. The summed E-state index contributed by atoms with van der Waals surface area (Å²) in [5.41, 5.74) is 6.41. The van der Waals surface area contributed by atoms with Crippen molar-refractivity contribution in [3.63, 3.8) is 0 Å². The summed E-state index contributed by atoms with van der Waals surface area (Å²) in [6, 6.07) is 0.201. The number of hydrogen-bond donors (Lipinski definition) is 1. The molecule has 7 nitrogen and oxygen atoms in total. The van der Waals surface area contributed by atoms with Crippen LogP contribution in [0.2, 0.25) is 0 Å². The molecule has 0 aromatic carbocycles. The van der Waals surface area contributed by atoms with Crippen LogP contribution in [0, 0.1) is 13.8 Å². The maximum absolute atomic E-state index is 5.57. The van der Waals surface area contributed by atoms with Crippen molar-refractivity contribution in [1.82, 2.24) is 19.9 Å². The number of oxazole rings is 1. The van der Waals surface area contributed by atoms with E-state index in [-0.39, 0.29) is 12.0 Å². The molecule has 0 bridgehead atoms. The molecule has 2 aromatic heterocycles. The fraction of sp³-hybridized carbons (Fsp3) is 0.400. The van der Waals surface area contributed by atoms with Gasteiger partial charge in [-0.25, -0.2) is 4.98 Å². The van der Waals surface area contributed by atoms with Crippen LogP contribution in [0.5, 0.6) is 6.01 Å². The van der Waals surface area contributed by atoms with E-state index in [9.17, 15) is 0 Å². The quantitative estimate of drug-likeness (QED) is 0.891. The largest absolute Gasteiger partial charge is 0.464 e. The minimum Gasteiger partial charge on any atom is -0.464 e. The van der Waals surface area contributed by atoms with E-state index in [1.54, 1.807) is 0 Å². The Morgan fingerprint density at radius 1 is 1.22 bits per heavy atom. The Morgan fingerprint density at radius 2 is 2.00 bits per heavy atom. The lowest BCUT2D eigenvalue weighted by Gasteiger charge is -2.02. The summed E-state index contributed by atoms with van der Waals surface area (Å²) in [6.07, 6.45) is 0. The van der Waals surface area contributed by atoms with Gasteiger partial charge in [0, 0.05) is 11.8 Å². The predicted molar refractivity (Wildman–Crippen MR) is 65.5 cm³/mol. The van der Waals surface area contributed by atoms with Gasteiger partial charge in [0.1, 0.15) is 5.76 Å². The van der Waals surface area contributed by atoms with Gasteiger partial charge in [0.15, 0.2) is 0 Å². The zero-order chi connectivity index (χ0) is 13.1. The minimum absolute atomic E-state index is 0.107. The van der Waals surface area contributed by atoms with Crippen LogP contribution in [0.1, 0.15) is 18.4 Å². The van der Waals surface area contributed by atoms with E-state index in [0.717, 1.165) is 11.5 Å². The molecule has 2 rings (SSSR count). The summed E-state index contributed by atoms with van der Waals surface area (Å²) in [7, 11) is 0. The lowest BCUT2D eigenvalue weighted by atomic mass is 10.4. The number of aromatic nitrogens is 4. The van der Waals surface area contributed by atoms with Crippen LogP contribution in [0.25, 0.3) is 0 Å². The van der Waals surface area contributed by atoms with E-state index in [1.807, 2.05) is 20.8 Å². The third-order valence-electron chi connectivity index (χ3n) is 2.07. The molecule has 96 valence electrons. The molecule has 0 saturated carbocycles. The highest BCUT2D eigenvalue weighted by Crippen LogP contribution is 2.26. The lowest BCUT2D eigenvalue weighted by Crippen LogP contribution is -2.04. The summed E-state index contributed by atoms with van der Waals surface area (Å²) in [6.45, 7) is 6.02. The summed E-state index contributed by atoms with van der Waals surface area (Å²) in [4.78, 5) is 16.2. The third kappa shape index (κ3) is 2.89. The average molecular weight is 267 g/mol. The minimum atomic E-state index is 0.107. The molecule has 8 heteroatoms. The van der Waals surface area contributed by atoms with Gasteiger partial charge >= 0.3 is 6.01 Å². The molecule has 0 radical (unpaired) electrons. The first kappa shape index (κ1) is 12.6. The molecule has 0 atom stereocenters. The summed E-state index contributed by atoms with van der Waals surface area (Å²) in [5.74, 6) is 0.875. The molecule has 18 heavy (non-hydrogen) atoms. The van der Waals surface area contributed by atoms with Gasteiger partial charge in [-0.2, -0.15) is 15.0 Å². The molecule has 0 unspecified atom stereocenters. The third-order valence-corrected chi connectivity index (χ3v) is 2.79. The van der Waals surface area contributed by atoms with Crippen molar-refractivity contribution in [3.05, 3.63) is 11.5 Å². The fourth-order valence-electron chi connectivity index (χ4n) is 1.16. The van der Waals surface area contributed by atoms with Crippen LogP contribution >= 0.6 is 11.8 Å². The Morgan fingerprint density at radius 3 is 2.61 bits per heavy atom. The second-order valence-corrected chi connectivity index (χ2v) is 4.33. The molecular weight excluding hydrogens is 254 g/mol. The average Bonchev–Trinajstić information content (AvgIpc) is 2.57. The number of hydrogen-bond acceptors (Lipinski definition) is 8. The van der Waals surface area contributed by atoms with Crippen molar-refractivity contribution in [3.8, 4) is 6.01 Å². The number of ether oxygens (including phenoxy) is 1. The van der Waals surface area contributed by atoms with Crippen molar-refractivity contribution in [2.75, 3.05) is 12.3 Å².